The van der Waals surface area contributed by atoms with Gasteiger partial charge in [0.2, 0.25) is 0 Å². The van der Waals surface area contributed by atoms with Gasteiger partial charge in [0.25, 0.3) is 0 Å². The SMILES string of the molecule is C=C(c1ccc(C(=O)OC)cc1)n1nnc2ccccc21. The zero-order valence-electron chi connectivity index (χ0n) is 11.5. The first-order valence-corrected chi connectivity index (χ1v) is 6.39. The largest absolute Gasteiger partial charge is 0.465 e. The van der Waals surface area contributed by atoms with Crippen LogP contribution in [0.25, 0.3) is 16.7 Å². The van der Waals surface area contributed by atoms with Crippen LogP contribution in [-0.4, -0.2) is 28.1 Å². The molecule has 0 N–H and O–H groups in total. The molecule has 3 rings (SSSR count). The average Bonchev–Trinajstić information content (AvgIpc) is 2.97. The molecule has 1 aromatic heterocycles. The third-order valence-electron chi connectivity index (χ3n) is 3.25. The van der Waals surface area contributed by atoms with Crippen molar-refractivity contribution in [3.05, 3.63) is 66.2 Å². The van der Waals surface area contributed by atoms with Crippen molar-refractivity contribution in [3.8, 4) is 0 Å². The summed E-state index contributed by atoms with van der Waals surface area (Å²) < 4.78 is 6.36. The minimum atomic E-state index is -0.363. The maximum Gasteiger partial charge on any atom is 0.337 e. The first-order chi connectivity index (χ1) is 10.2. The second kappa shape index (κ2) is 5.20. The number of para-hydroxylation sites is 1. The number of benzene rings is 2. The third kappa shape index (κ3) is 2.29. The Hall–Kier alpha value is -2.95. The topological polar surface area (TPSA) is 57.0 Å². The normalized spacial score (nSPS) is 10.5. The van der Waals surface area contributed by atoms with Gasteiger partial charge in [0.1, 0.15) is 5.52 Å². The smallest absolute Gasteiger partial charge is 0.337 e. The molecule has 0 bridgehead atoms. The Morgan fingerprint density at radius 1 is 1.10 bits per heavy atom. The highest BCUT2D eigenvalue weighted by molar-refractivity contribution is 5.90. The molecule has 0 saturated heterocycles. The summed E-state index contributed by atoms with van der Waals surface area (Å²) in [6, 6.07) is 14.7. The second-order valence-electron chi connectivity index (χ2n) is 4.51. The van der Waals surface area contributed by atoms with Crippen LogP contribution in [0, 0.1) is 0 Å². The van der Waals surface area contributed by atoms with Crippen molar-refractivity contribution in [2.45, 2.75) is 0 Å². The fourth-order valence-electron chi connectivity index (χ4n) is 2.11. The van der Waals surface area contributed by atoms with Crippen LogP contribution >= 0.6 is 0 Å². The zero-order chi connectivity index (χ0) is 14.8. The summed E-state index contributed by atoms with van der Waals surface area (Å²) in [5.41, 5.74) is 3.75. The Labute approximate surface area is 121 Å². The minimum Gasteiger partial charge on any atom is -0.465 e. The number of rotatable bonds is 3. The van der Waals surface area contributed by atoms with Crippen molar-refractivity contribution in [2.75, 3.05) is 7.11 Å². The lowest BCUT2D eigenvalue weighted by Crippen LogP contribution is -2.03. The zero-order valence-corrected chi connectivity index (χ0v) is 11.5. The monoisotopic (exact) mass is 279 g/mol. The maximum absolute atomic E-state index is 11.4. The van der Waals surface area contributed by atoms with Gasteiger partial charge in [0, 0.05) is 0 Å². The lowest BCUT2D eigenvalue weighted by molar-refractivity contribution is 0.0600. The van der Waals surface area contributed by atoms with Gasteiger partial charge >= 0.3 is 5.97 Å². The molecule has 5 heteroatoms. The molecule has 0 fully saturated rings. The van der Waals surface area contributed by atoms with Crippen LogP contribution in [0.4, 0.5) is 0 Å². The van der Waals surface area contributed by atoms with E-state index < -0.39 is 0 Å². The summed E-state index contributed by atoms with van der Waals surface area (Å²) in [5.74, 6) is -0.363. The maximum atomic E-state index is 11.4. The minimum absolute atomic E-state index is 0.363. The van der Waals surface area contributed by atoms with Crippen LogP contribution in [-0.2, 0) is 4.74 Å². The van der Waals surface area contributed by atoms with E-state index in [1.807, 2.05) is 36.4 Å². The summed E-state index contributed by atoms with van der Waals surface area (Å²) >= 11 is 0. The number of carbonyl (C=O) groups excluding carboxylic acids is 1. The molecule has 3 aromatic rings. The van der Waals surface area contributed by atoms with Crippen molar-refractivity contribution < 1.29 is 9.53 Å². The van der Waals surface area contributed by atoms with E-state index in [1.54, 1.807) is 16.8 Å². The number of esters is 1. The Balaban J connectivity index is 1.97. The molecule has 0 aliphatic heterocycles. The number of hydrogen-bond donors (Lipinski definition) is 0. The first-order valence-electron chi connectivity index (χ1n) is 6.39. The van der Waals surface area contributed by atoms with Gasteiger partial charge in [-0.2, -0.15) is 0 Å². The molecule has 0 atom stereocenters. The fourth-order valence-corrected chi connectivity index (χ4v) is 2.11. The van der Waals surface area contributed by atoms with Gasteiger partial charge in [-0.3, -0.25) is 0 Å². The molecular formula is C16H13N3O2. The van der Waals surface area contributed by atoms with Crippen LogP contribution in [0.15, 0.2) is 55.1 Å². The molecule has 5 nitrogen and oxygen atoms in total. The predicted octanol–water partition coefficient (Wildman–Crippen LogP) is 2.74. The fraction of sp³-hybridized carbons (Fsp3) is 0.0625. The Bertz CT molecular complexity index is 819. The quantitative estimate of drug-likeness (QED) is 0.692. The van der Waals surface area contributed by atoms with E-state index in [1.165, 1.54) is 7.11 Å². The van der Waals surface area contributed by atoms with Gasteiger partial charge in [-0.05, 0) is 29.8 Å². The molecule has 0 unspecified atom stereocenters. The number of fused-ring (bicyclic) bond motifs is 1. The molecule has 1 heterocycles. The number of carbonyl (C=O) groups is 1. The number of hydrogen-bond acceptors (Lipinski definition) is 4. The molecule has 0 amide bonds. The van der Waals surface area contributed by atoms with E-state index >= 15 is 0 Å². The average molecular weight is 279 g/mol. The summed E-state index contributed by atoms with van der Waals surface area (Å²) in [5, 5.41) is 8.22. The summed E-state index contributed by atoms with van der Waals surface area (Å²) in [6.45, 7) is 4.06. The highest BCUT2D eigenvalue weighted by Gasteiger charge is 2.10. The van der Waals surface area contributed by atoms with Crippen molar-refractivity contribution in [1.29, 1.82) is 0 Å². The molecule has 0 radical (unpaired) electrons. The Kier molecular flexibility index (Phi) is 3.23. The van der Waals surface area contributed by atoms with Crippen molar-refractivity contribution in [2.24, 2.45) is 0 Å². The molecule has 0 aliphatic carbocycles. The highest BCUT2D eigenvalue weighted by atomic mass is 16.5. The molecule has 104 valence electrons. The number of aromatic nitrogens is 3. The predicted molar refractivity (Wildman–Crippen MR) is 79.7 cm³/mol. The van der Waals surface area contributed by atoms with Crippen LogP contribution < -0.4 is 0 Å². The standard InChI is InChI=1S/C16H13N3O2/c1-11(12-7-9-13(10-8-12)16(20)21-2)19-15-6-4-3-5-14(15)17-18-19/h3-10H,1H2,2H3. The van der Waals surface area contributed by atoms with E-state index in [-0.39, 0.29) is 5.97 Å². The van der Waals surface area contributed by atoms with Gasteiger partial charge in [-0.1, -0.05) is 36.1 Å². The lowest BCUT2D eigenvalue weighted by Gasteiger charge is -2.07. The van der Waals surface area contributed by atoms with Gasteiger partial charge in [-0.25, -0.2) is 9.48 Å². The van der Waals surface area contributed by atoms with Gasteiger partial charge in [0.05, 0.1) is 23.9 Å². The van der Waals surface area contributed by atoms with Crippen LogP contribution in [0.3, 0.4) is 0 Å². The molecule has 21 heavy (non-hydrogen) atoms. The second-order valence-corrected chi connectivity index (χ2v) is 4.51. The number of methoxy groups -OCH3 is 1. The summed E-state index contributed by atoms with van der Waals surface area (Å²) in [6.07, 6.45) is 0. The molecule has 0 spiro atoms. The molecule has 0 saturated carbocycles. The highest BCUT2D eigenvalue weighted by Crippen LogP contribution is 2.20. The van der Waals surface area contributed by atoms with Crippen molar-refractivity contribution in [1.82, 2.24) is 15.0 Å². The van der Waals surface area contributed by atoms with E-state index in [2.05, 4.69) is 21.6 Å². The van der Waals surface area contributed by atoms with E-state index in [0.717, 1.165) is 16.6 Å². The van der Waals surface area contributed by atoms with Crippen LogP contribution in [0.2, 0.25) is 0 Å². The number of nitrogens with zero attached hydrogens (tertiary/aromatic N) is 3. The number of ether oxygens (including phenoxy) is 1. The molecular weight excluding hydrogens is 266 g/mol. The van der Waals surface area contributed by atoms with Crippen LogP contribution in [0.5, 0.6) is 0 Å². The van der Waals surface area contributed by atoms with Gasteiger partial charge in [-0.15, -0.1) is 5.10 Å². The molecule has 2 aromatic carbocycles. The van der Waals surface area contributed by atoms with Crippen molar-refractivity contribution in [3.63, 3.8) is 0 Å². The van der Waals surface area contributed by atoms with E-state index in [9.17, 15) is 4.79 Å². The third-order valence-corrected chi connectivity index (χ3v) is 3.25. The van der Waals surface area contributed by atoms with Gasteiger partial charge < -0.3 is 4.74 Å². The molecule has 0 aliphatic rings. The Morgan fingerprint density at radius 2 is 1.76 bits per heavy atom. The summed E-state index contributed by atoms with van der Waals surface area (Å²) in [7, 11) is 1.36. The summed E-state index contributed by atoms with van der Waals surface area (Å²) in [4.78, 5) is 11.4. The van der Waals surface area contributed by atoms with E-state index in [0.29, 0.717) is 11.3 Å². The van der Waals surface area contributed by atoms with E-state index in [4.69, 9.17) is 0 Å². The Morgan fingerprint density at radius 3 is 2.48 bits per heavy atom. The first kappa shape index (κ1) is 13.1. The lowest BCUT2D eigenvalue weighted by atomic mass is 10.1. The van der Waals surface area contributed by atoms with Crippen LogP contribution in [0.1, 0.15) is 15.9 Å². The van der Waals surface area contributed by atoms with Gasteiger partial charge in [0.15, 0.2) is 0 Å². The van der Waals surface area contributed by atoms with Crippen molar-refractivity contribution >= 4 is 22.7 Å².